The second kappa shape index (κ2) is 7.83. The third-order valence-electron chi connectivity index (χ3n) is 0. The minimum Gasteiger partial charge on any atom is -0.344 e. The van der Waals surface area contributed by atoms with Crippen molar-refractivity contribution in [2.45, 2.75) is 0 Å². The first-order chi connectivity index (χ1) is 2.00. The molecule has 0 aliphatic rings. The fourth-order valence-electron chi connectivity index (χ4n) is 0. The molecule has 0 aromatic carbocycles. The molecule has 1 radical (unpaired) electrons. The summed E-state index contributed by atoms with van der Waals surface area (Å²) in [6.45, 7) is 0. The minimum atomic E-state index is -4.67. The Morgan fingerprint density at radius 1 is 1.12 bits per heavy atom. The maximum atomic E-state index is 8.74. The molecule has 0 unspecified atom stereocenters. The van der Waals surface area contributed by atoms with Gasteiger partial charge in [-0.2, -0.15) is 8.42 Å². The minimum absolute atomic E-state index is 0. The van der Waals surface area contributed by atoms with E-state index in [1.165, 1.54) is 0 Å². The van der Waals surface area contributed by atoms with E-state index in [0.717, 1.165) is 0 Å². The van der Waals surface area contributed by atoms with Crippen LogP contribution in [0.4, 0.5) is 0 Å². The predicted molar refractivity (Wildman–Crippen MR) is 19.2 cm³/mol. The van der Waals surface area contributed by atoms with E-state index in [4.69, 9.17) is 17.5 Å². The Labute approximate surface area is 67.5 Å². The van der Waals surface area contributed by atoms with Crippen LogP contribution in [0.2, 0.25) is 0 Å². The van der Waals surface area contributed by atoms with E-state index in [1.807, 2.05) is 0 Å². The van der Waals surface area contributed by atoms with Crippen molar-refractivity contribution in [2.24, 2.45) is 0 Å². The van der Waals surface area contributed by atoms with Crippen molar-refractivity contribution in [2.75, 3.05) is 0 Å². The second-order valence-corrected chi connectivity index (χ2v) is 1.34. The molecule has 0 saturated carbocycles. The van der Waals surface area contributed by atoms with Crippen molar-refractivity contribution < 1.29 is 50.8 Å². The Balaban J connectivity index is -0.0000000267. The van der Waals surface area contributed by atoms with Gasteiger partial charge in [0.1, 0.15) is 0 Å². The van der Waals surface area contributed by atoms with Crippen molar-refractivity contribution in [3.63, 3.8) is 0 Å². The van der Waals surface area contributed by atoms with Crippen LogP contribution in [0, 0.1) is 0 Å². The van der Waals surface area contributed by atoms with Crippen LogP contribution in [-0.4, -0.2) is 17.5 Å². The van der Waals surface area contributed by atoms with E-state index >= 15 is 0 Å². The Morgan fingerprint density at radius 2 is 1.12 bits per heavy atom. The summed E-state index contributed by atoms with van der Waals surface area (Å²) in [5.74, 6) is 0. The summed E-state index contributed by atoms with van der Waals surface area (Å²) in [6.07, 6.45) is 0. The molecule has 0 aliphatic heterocycles. The Hall–Kier alpha value is 0.830. The summed E-state index contributed by atoms with van der Waals surface area (Å²) in [5.41, 5.74) is 0. The molecule has 0 bridgehead atoms. The fourth-order valence-corrected chi connectivity index (χ4v) is 0. The van der Waals surface area contributed by atoms with Gasteiger partial charge in [-0.15, -0.1) is 0 Å². The van der Waals surface area contributed by atoms with Crippen LogP contribution >= 0.6 is 0 Å². The van der Waals surface area contributed by atoms with Crippen LogP contribution in [0.25, 0.3) is 0 Å². The Morgan fingerprint density at radius 3 is 1.12 bits per heavy atom. The molecule has 0 heterocycles. The second-order valence-electron chi connectivity index (χ2n) is 0.448. The molecule has 0 aliphatic carbocycles. The molecule has 0 atom stereocenters. The summed E-state index contributed by atoms with van der Waals surface area (Å²) in [7, 11) is -4.67. The van der Waals surface area contributed by atoms with Crippen molar-refractivity contribution in [1.29, 1.82) is 0 Å². The zero-order chi connectivity index (χ0) is 4.50. The zero-order valence-electron chi connectivity index (χ0n) is 3.48. The number of hydrogen-bond donors (Lipinski definition) is 3. The first-order valence-corrected chi connectivity index (χ1v) is 2.10. The molecule has 0 aromatic rings. The van der Waals surface area contributed by atoms with Gasteiger partial charge < -0.3 is 6.15 Å². The molecule has 0 rings (SSSR count). The summed E-state index contributed by atoms with van der Waals surface area (Å²) < 4.78 is 31.6. The average Bonchev–Trinajstić information content (AvgIpc) is 0.722. The molecular formula is H5CoNNiO4S. The molecule has 0 amide bonds. The summed E-state index contributed by atoms with van der Waals surface area (Å²) in [5, 5.41) is 0. The molecule has 8 heavy (non-hydrogen) atoms. The smallest absolute Gasteiger partial charge is 0.344 e. The average molecular weight is 233 g/mol. The van der Waals surface area contributed by atoms with Crippen molar-refractivity contribution in [1.82, 2.24) is 6.15 Å². The molecule has 0 saturated heterocycles. The predicted octanol–water partition coefficient (Wildman–Crippen LogP) is -0.496. The maximum absolute atomic E-state index is 8.74. The molecule has 5 nitrogen and oxygen atoms in total. The Kier molecular flexibility index (Phi) is 22.7. The summed E-state index contributed by atoms with van der Waals surface area (Å²) in [4.78, 5) is 0. The van der Waals surface area contributed by atoms with E-state index in [2.05, 4.69) is 0 Å². The third-order valence-corrected chi connectivity index (χ3v) is 0. The Bertz CT molecular complexity index is 99.2. The van der Waals surface area contributed by atoms with Gasteiger partial charge in [-0.1, -0.05) is 0 Å². The van der Waals surface area contributed by atoms with Gasteiger partial charge in [-0.05, 0) is 0 Å². The summed E-state index contributed by atoms with van der Waals surface area (Å²) >= 11 is 0. The van der Waals surface area contributed by atoms with Crippen LogP contribution in [0.15, 0.2) is 0 Å². The number of rotatable bonds is 0. The monoisotopic (exact) mass is 232 g/mol. The van der Waals surface area contributed by atoms with Gasteiger partial charge in [0, 0.05) is 33.3 Å². The van der Waals surface area contributed by atoms with Crippen molar-refractivity contribution in [3.05, 3.63) is 0 Å². The molecular weight excluding hydrogens is 228 g/mol. The molecule has 0 aromatic heterocycles. The molecule has 0 spiro atoms. The summed E-state index contributed by atoms with van der Waals surface area (Å²) in [6, 6.07) is 0. The molecule has 0 fully saturated rings. The van der Waals surface area contributed by atoms with Crippen LogP contribution in [0.3, 0.4) is 0 Å². The van der Waals surface area contributed by atoms with Gasteiger partial charge in [0.05, 0.1) is 0 Å². The van der Waals surface area contributed by atoms with E-state index in [0.29, 0.717) is 0 Å². The van der Waals surface area contributed by atoms with Gasteiger partial charge in [0.2, 0.25) is 0 Å². The number of hydrogen-bond acceptors (Lipinski definition) is 3. The van der Waals surface area contributed by atoms with Gasteiger partial charge in [0.25, 0.3) is 0 Å². The van der Waals surface area contributed by atoms with E-state index < -0.39 is 10.4 Å². The standard InChI is InChI=1S/Co.H3N.Ni.H2O4S/c;;;1-5(2,3)4/h;1H3;;(H2,1,2,3,4). The van der Waals surface area contributed by atoms with Crippen LogP contribution in [0.5, 0.6) is 0 Å². The maximum Gasteiger partial charge on any atom is 0.394 e. The van der Waals surface area contributed by atoms with Crippen LogP contribution < -0.4 is 6.15 Å². The largest absolute Gasteiger partial charge is 0.394 e. The first kappa shape index (κ1) is 23.2. The van der Waals surface area contributed by atoms with Crippen LogP contribution in [0.1, 0.15) is 0 Å². The first-order valence-electron chi connectivity index (χ1n) is 0.698. The zero-order valence-corrected chi connectivity index (χ0v) is 6.32. The normalized spacial score (nSPS) is 7.25. The quantitative estimate of drug-likeness (QED) is 0.386. The van der Waals surface area contributed by atoms with Crippen molar-refractivity contribution >= 4 is 10.4 Å². The van der Waals surface area contributed by atoms with Gasteiger partial charge in [-0.3, -0.25) is 9.11 Å². The molecule has 5 N–H and O–H groups in total. The third kappa shape index (κ3) is 337. The van der Waals surface area contributed by atoms with Gasteiger partial charge in [-0.25, -0.2) is 0 Å². The van der Waals surface area contributed by atoms with Gasteiger partial charge >= 0.3 is 10.4 Å². The molecule has 8 heteroatoms. The van der Waals surface area contributed by atoms with E-state index in [-0.39, 0.29) is 39.4 Å². The van der Waals surface area contributed by atoms with Crippen molar-refractivity contribution in [3.8, 4) is 0 Å². The SMILES string of the molecule is N.O=S(=O)(O)O.[Co].[Ni]. The van der Waals surface area contributed by atoms with Crippen LogP contribution in [-0.2, 0) is 43.7 Å². The van der Waals surface area contributed by atoms with Gasteiger partial charge in [0.15, 0.2) is 0 Å². The molecule has 59 valence electrons. The van der Waals surface area contributed by atoms with E-state index in [9.17, 15) is 0 Å². The fraction of sp³-hybridized carbons (Fsp3) is 0. The van der Waals surface area contributed by atoms with E-state index in [1.54, 1.807) is 0 Å². The topological polar surface area (TPSA) is 110 Å².